The van der Waals surface area contributed by atoms with Crippen molar-refractivity contribution in [2.45, 2.75) is 6.54 Å². The van der Waals surface area contributed by atoms with Crippen LogP contribution in [-0.4, -0.2) is 45.8 Å². The number of benzene rings is 1. The number of aromatic nitrogens is 3. The Morgan fingerprint density at radius 3 is 2.90 bits per heavy atom. The molecule has 0 fully saturated rings. The van der Waals surface area contributed by atoms with Gasteiger partial charge in [0.15, 0.2) is 0 Å². The molecule has 0 unspecified atom stereocenters. The lowest BCUT2D eigenvalue weighted by molar-refractivity contribution is -0.131. The van der Waals surface area contributed by atoms with Crippen LogP contribution in [0, 0.1) is 0 Å². The van der Waals surface area contributed by atoms with E-state index in [9.17, 15) is 4.79 Å². The van der Waals surface area contributed by atoms with Crippen LogP contribution >= 0.6 is 11.6 Å². The zero-order valence-corrected chi connectivity index (χ0v) is 12.3. The molecule has 0 aliphatic carbocycles. The highest BCUT2D eigenvalue weighted by atomic mass is 35.5. The molecule has 0 bridgehead atoms. The van der Waals surface area contributed by atoms with Gasteiger partial charge in [0.1, 0.15) is 25.2 Å². The molecule has 0 spiro atoms. The summed E-state index contributed by atoms with van der Waals surface area (Å²) in [5, 5.41) is 4.41. The molecule has 2 aromatic rings. The van der Waals surface area contributed by atoms with E-state index in [1.54, 1.807) is 24.1 Å². The number of hydrogen-bond donors (Lipinski definition) is 1. The fraction of sp³-hybridized carbons (Fsp3) is 0.308. The van der Waals surface area contributed by atoms with E-state index in [0.717, 1.165) is 0 Å². The number of nitrogens with two attached hydrogens (primary N) is 1. The zero-order valence-electron chi connectivity index (χ0n) is 11.6. The van der Waals surface area contributed by atoms with Crippen molar-refractivity contribution in [1.29, 1.82) is 0 Å². The van der Waals surface area contributed by atoms with E-state index in [1.165, 1.54) is 11.0 Å². The molecule has 112 valence electrons. The first-order chi connectivity index (χ1) is 10.1. The predicted octanol–water partition coefficient (Wildman–Crippen LogP) is 1.05. The van der Waals surface area contributed by atoms with E-state index >= 15 is 0 Å². The lowest BCUT2D eigenvalue weighted by Gasteiger charge is -2.17. The molecule has 0 atom stereocenters. The number of para-hydroxylation sites is 1. The number of carbonyl (C=O) groups excluding carboxylic acids is 1. The molecule has 1 amide bonds. The van der Waals surface area contributed by atoms with E-state index in [0.29, 0.717) is 23.9 Å². The number of nitrogen functional groups attached to an aromatic ring is 1. The molecule has 0 saturated carbocycles. The average Bonchev–Trinajstić information content (AvgIpc) is 2.86. The van der Waals surface area contributed by atoms with Gasteiger partial charge in [-0.25, -0.2) is 9.67 Å². The third kappa shape index (κ3) is 4.35. The Bertz CT molecular complexity index is 616. The lowest BCUT2D eigenvalue weighted by atomic mass is 10.3. The number of nitrogens with zero attached hydrogens (tertiary/aromatic N) is 4. The van der Waals surface area contributed by atoms with Crippen molar-refractivity contribution >= 4 is 23.5 Å². The average molecular weight is 310 g/mol. The highest BCUT2D eigenvalue weighted by Crippen LogP contribution is 2.22. The number of hydrogen-bond acceptors (Lipinski definition) is 5. The van der Waals surface area contributed by atoms with Crippen LogP contribution in [0.4, 0.5) is 5.95 Å². The van der Waals surface area contributed by atoms with Crippen molar-refractivity contribution < 1.29 is 9.53 Å². The minimum absolute atomic E-state index is 0.0901. The molecule has 0 aliphatic rings. The van der Waals surface area contributed by atoms with Gasteiger partial charge in [-0.15, -0.1) is 5.10 Å². The van der Waals surface area contributed by atoms with Gasteiger partial charge in [-0.3, -0.25) is 4.79 Å². The summed E-state index contributed by atoms with van der Waals surface area (Å²) >= 11 is 5.98. The fourth-order valence-electron chi connectivity index (χ4n) is 1.62. The van der Waals surface area contributed by atoms with Gasteiger partial charge in [-0.05, 0) is 12.1 Å². The highest BCUT2D eigenvalue weighted by Gasteiger charge is 2.11. The van der Waals surface area contributed by atoms with Crippen LogP contribution in [0.25, 0.3) is 0 Å². The molecule has 2 rings (SSSR count). The maximum absolute atomic E-state index is 11.9. The van der Waals surface area contributed by atoms with Gasteiger partial charge < -0.3 is 15.4 Å². The summed E-state index contributed by atoms with van der Waals surface area (Å²) in [4.78, 5) is 17.3. The molecule has 7 nitrogen and oxygen atoms in total. The van der Waals surface area contributed by atoms with Crippen molar-refractivity contribution in [1.82, 2.24) is 19.7 Å². The van der Waals surface area contributed by atoms with Gasteiger partial charge in [-0.1, -0.05) is 23.7 Å². The SMILES string of the molecule is CN(CCOc1ccccc1Cl)C(=O)Cn1cnc(N)n1. The topological polar surface area (TPSA) is 86.3 Å². The summed E-state index contributed by atoms with van der Waals surface area (Å²) in [7, 11) is 1.69. The molecular weight excluding hydrogens is 294 g/mol. The van der Waals surface area contributed by atoms with Gasteiger partial charge >= 0.3 is 0 Å². The van der Waals surface area contributed by atoms with Gasteiger partial charge in [0, 0.05) is 7.05 Å². The highest BCUT2D eigenvalue weighted by molar-refractivity contribution is 6.32. The number of ether oxygens (including phenoxy) is 1. The largest absolute Gasteiger partial charge is 0.490 e. The second kappa shape index (κ2) is 6.94. The molecule has 1 aromatic heterocycles. The minimum Gasteiger partial charge on any atom is -0.490 e. The summed E-state index contributed by atoms with van der Waals surface area (Å²) in [5.41, 5.74) is 5.39. The first-order valence-electron chi connectivity index (χ1n) is 6.32. The van der Waals surface area contributed by atoms with Crippen LogP contribution in [-0.2, 0) is 11.3 Å². The van der Waals surface area contributed by atoms with E-state index in [1.807, 2.05) is 12.1 Å². The maximum atomic E-state index is 11.9. The van der Waals surface area contributed by atoms with Gasteiger partial charge in [-0.2, -0.15) is 0 Å². The Morgan fingerprint density at radius 2 is 2.24 bits per heavy atom. The van der Waals surface area contributed by atoms with Crippen LogP contribution in [0.5, 0.6) is 5.75 Å². The Kier molecular flexibility index (Phi) is 4.99. The third-order valence-electron chi connectivity index (χ3n) is 2.80. The van der Waals surface area contributed by atoms with E-state index in [2.05, 4.69) is 10.1 Å². The molecule has 1 aromatic carbocycles. The standard InChI is InChI=1S/C13H16ClN5O2/c1-18(12(20)8-19-9-16-13(15)17-19)6-7-21-11-5-3-2-4-10(11)14/h2-5,9H,6-8H2,1H3,(H2,15,17). The number of carbonyl (C=O) groups is 1. The first-order valence-corrected chi connectivity index (χ1v) is 6.70. The number of anilines is 1. The van der Waals surface area contributed by atoms with Gasteiger partial charge in [0.05, 0.1) is 11.6 Å². The monoisotopic (exact) mass is 309 g/mol. The third-order valence-corrected chi connectivity index (χ3v) is 3.11. The quantitative estimate of drug-likeness (QED) is 0.862. The second-order valence-electron chi connectivity index (χ2n) is 4.39. The van der Waals surface area contributed by atoms with Gasteiger partial charge in [0.25, 0.3) is 0 Å². The first kappa shape index (κ1) is 15.1. The number of rotatable bonds is 6. The fourth-order valence-corrected chi connectivity index (χ4v) is 1.81. The normalized spacial score (nSPS) is 10.4. The number of halogens is 1. The Balaban J connectivity index is 1.77. The van der Waals surface area contributed by atoms with Crippen molar-refractivity contribution in [3.05, 3.63) is 35.6 Å². The van der Waals surface area contributed by atoms with Crippen molar-refractivity contribution in [3.8, 4) is 5.75 Å². The Labute approximate surface area is 127 Å². The predicted molar refractivity (Wildman–Crippen MR) is 79.0 cm³/mol. The minimum atomic E-state index is -0.109. The van der Waals surface area contributed by atoms with Crippen molar-refractivity contribution in [3.63, 3.8) is 0 Å². The molecule has 0 aliphatic heterocycles. The second-order valence-corrected chi connectivity index (χ2v) is 4.80. The molecule has 21 heavy (non-hydrogen) atoms. The summed E-state index contributed by atoms with van der Waals surface area (Å²) in [5.74, 6) is 0.638. The molecule has 0 saturated heterocycles. The van der Waals surface area contributed by atoms with E-state index < -0.39 is 0 Å². The van der Waals surface area contributed by atoms with Crippen molar-refractivity contribution in [2.24, 2.45) is 0 Å². The van der Waals surface area contributed by atoms with E-state index in [-0.39, 0.29) is 18.4 Å². The molecule has 2 N–H and O–H groups in total. The summed E-state index contributed by atoms with van der Waals surface area (Å²) in [6.07, 6.45) is 1.42. The molecule has 1 heterocycles. The molecular formula is C13H16ClN5O2. The Hall–Kier alpha value is -2.28. The number of amides is 1. The zero-order chi connectivity index (χ0) is 15.2. The van der Waals surface area contributed by atoms with E-state index in [4.69, 9.17) is 22.1 Å². The summed E-state index contributed by atoms with van der Waals surface area (Å²) < 4.78 is 6.92. The van der Waals surface area contributed by atoms with Crippen LogP contribution < -0.4 is 10.5 Å². The summed E-state index contributed by atoms with van der Waals surface area (Å²) in [6.45, 7) is 0.881. The molecule has 8 heteroatoms. The van der Waals surface area contributed by atoms with Crippen LogP contribution in [0.3, 0.4) is 0 Å². The summed E-state index contributed by atoms with van der Waals surface area (Å²) in [6, 6.07) is 7.20. The van der Waals surface area contributed by atoms with Crippen molar-refractivity contribution in [2.75, 3.05) is 25.9 Å². The van der Waals surface area contributed by atoms with Crippen LogP contribution in [0.15, 0.2) is 30.6 Å². The maximum Gasteiger partial charge on any atom is 0.244 e. The van der Waals surface area contributed by atoms with Gasteiger partial charge in [0.2, 0.25) is 11.9 Å². The Morgan fingerprint density at radius 1 is 1.48 bits per heavy atom. The number of likely N-dealkylation sites (N-methyl/N-ethyl adjacent to an activating group) is 1. The molecule has 0 radical (unpaired) electrons. The van der Waals surface area contributed by atoms with Crippen LogP contribution in [0.2, 0.25) is 5.02 Å². The smallest absolute Gasteiger partial charge is 0.244 e. The van der Waals surface area contributed by atoms with Crippen LogP contribution in [0.1, 0.15) is 0 Å². The lowest BCUT2D eigenvalue weighted by Crippen LogP contribution is -2.33.